The molecule has 0 aliphatic carbocycles. The lowest BCUT2D eigenvalue weighted by Crippen LogP contribution is -2.51. The van der Waals surface area contributed by atoms with Crippen LogP contribution in [0.5, 0.6) is 0 Å². The molecule has 1 saturated heterocycles. The van der Waals surface area contributed by atoms with Gasteiger partial charge in [-0.05, 0) is 37.7 Å². The zero-order chi connectivity index (χ0) is 25.9. The minimum atomic E-state index is -1.85. The molecular formula is C26H42O7S. The van der Waals surface area contributed by atoms with E-state index in [4.69, 9.17) is 14.2 Å². The molecule has 2 N–H and O–H groups in total. The van der Waals surface area contributed by atoms with Gasteiger partial charge in [-0.15, -0.1) is 0 Å². The number of aliphatic hydroxyl groups is 2. The summed E-state index contributed by atoms with van der Waals surface area (Å²) in [5.74, 6) is -2.26. The molecule has 34 heavy (non-hydrogen) atoms. The van der Waals surface area contributed by atoms with Gasteiger partial charge in [0.1, 0.15) is 6.10 Å². The molecule has 0 aromatic rings. The highest BCUT2D eigenvalue weighted by molar-refractivity contribution is 7.96. The van der Waals surface area contributed by atoms with Crippen molar-refractivity contribution in [2.24, 2.45) is 17.8 Å². The fourth-order valence-electron chi connectivity index (χ4n) is 4.18. The Morgan fingerprint density at radius 3 is 2.35 bits per heavy atom. The Morgan fingerprint density at radius 1 is 1.15 bits per heavy atom. The Bertz CT molecular complexity index is 743. The van der Waals surface area contributed by atoms with Gasteiger partial charge in [0.25, 0.3) is 0 Å². The molecule has 7 unspecified atom stereocenters. The molecule has 1 aliphatic rings. The molecule has 194 valence electrons. The number of carbonyl (C=O) groups is 2. The highest BCUT2D eigenvalue weighted by Gasteiger charge is 2.46. The van der Waals surface area contributed by atoms with Crippen molar-refractivity contribution in [1.82, 2.24) is 0 Å². The molecule has 0 bridgehead atoms. The maximum atomic E-state index is 12.2. The van der Waals surface area contributed by atoms with Gasteiger partial charge < -0.3 is 24.4 Å². The number of ketones is 1. The van der Waals surface area contributed by atoms with E-state index in [1.165, 1.54) is 7.11 Å². The third-order valence-corrected chi connectivity index (χ3v) is 6.83. The minimum Gasteiger partial charge on any atom is -0.393 e. The Morgan fingerprint density at radius 2 is 1.79 bits per heavy atom. The molecule has 1 fully saturated rings. The first-order valence-electron chi connectivity index (χ1n) is 11.8. The predicted octanol–water partition coefficient (Wildman–Crippen LogP) is 3.65. The van der Waals surface area contributed by atoms with Crippen LogP contribution in [0.2, 0.25) is 0 Å². The number of rotatable bonds is 14. The second-order valence-corrected chi connectivity index (χ2v) is 9.69. The summed E-state index contributed by atoms with van der Waals surface area (Å²) in [5.41, 5.74) is 0.997. The standard InChI is InChI=1S/C26H42O7S/c1-17(14-19(3)24(28)23(16-27)32-6)10-8-7-9-11-18(2)22(31-5)15-21-13-12-20(4)26(30,33-21)25(29)34/h7-11,17,19-23,27,30H,12-16H2,1-6H3,(H,29,34)/b9-7+,10-8+,18-11+. The van der Waals surface area contributed by atoms with E-state index < -0.39 is 17.0 Å². The SMILES string of the molecule is COC(CO)C(=O)C(C)CC(C)/C=C/C=C/C=C(\C)C(CC1CCC(C)C(O)(C(=O)S)O1)OC. The zero-order valence-corrected chi connectivity index (χ0v) is 22.2. The van der Waals surface area contributed by atoms with Crippen LogP contribution in [0.25, 0.3) is 0 Å². The third kappa shape index (κ3) is 9.06. The molecule has 0 aromatic heterocycles. The molecule has 0 radical (unpaired) electrons. The van der Waals surface area contributed by atoms with Crippen LogP contribution >= 0.6 is 12.6 Å². The maximum absolute atomic E-state index is 12.2. The average Bonchev–Trinajstić information content (AvgIpc) is 2.79. The zero-order valence-electron chi connectivity index (χ0n) is 21.3. The van der Waals surface area contributed by atoms with Crippen molar-refractivity contribution >= 4 is 23.5 Å². The van der Waals surface area contributed by atoms with Gasteiger partial charge in [-0.3, -0.25) is 9.59 Å². The van der Waals surface area contributed by atoms with Gasteiger partial charge in [0, 0.05) is 32.5 Å². The third-order valence-electron chi connectivity index (χ3n) is 6.51. The van der Waals surface area contributed by atoms with Gasteiger partial charge >= 0.3 is 0 Å². The Kier molecular flexibility index (Phi) is 13.5. The monoisotopic (exact) mass is 498 g/mol. The summed E-state index contributed by atoms with van der Waals surface area (Å²) in [6.45, 7) is 7.34. The lowest BCUT2D eigenvalue weighted by atomic mass is 9.88. The molecule has 0 spiro atoms. The fourth-order valence-corrected chi connectivity index (χ4v) is 4.45. The molecule has 0 saturated carbocycles. The molecule has 7 nitrogen and oxygen atoms in total. The van der Waals surface area contributed by atoms with Gasteiger partial charge in [0.15, 0.2) is 5.78 Å². The number of carbonyl (C=O) groups excluding carboxylic acids is 2. The van der Waals surface area contributed by atoms with Gasteiger partial charge in [-0.25, -0.2) is 0 Å². The van der Waals surface area contributed by atoms with E-state index in [1.54, 1.807) is 14.0 Å². The molecule has 1 aliphatic heterocycles. The van der Waals surface area contributed by atoms with E-state index in [0.29, 0.717) is 19.3 Å². The van der Waals surface area contributed by atoms with E-state index in [1.807, 2.05) is 51.2 Å². The summed E-state index contributed by atoms with van der Waals surface area (Å²) in [6.07, 6.45) is 11.1. The largest absolute Gasteiger partial charge is 0.393 e. The second-order valence-electron chi connectivity index (χ2n) is 9.28. The summed E-state index contributed by atoms with van der Waals surface area (Å²) in [6, 6.07) is 0. The Balaban J connectivity index is 2.62. The Labute approximate surface area is 209 Å². The van der Waals surface area contributed by atoms with E-state index in [9.17, 15) is 19.8 Å². The van der Waals surface area contributed by atoms with E-state index in [2.05, 4.69) is 12.6 Å². The molecule has 1 heterocycles. The summed E-state index contributed by atoms with van der Waals surface area (Å²) < 4.78 is 16.4. The fraction of sp³-hybridized carbons (Fsp3) is 0.692. The van der Waals surface area contributed by atoms with Crippen LogP contribution in [0.4, 0.5) is 0 Å². The number of hydrogen-bond acceptors (Lipinski definition) is 7. The molecular weight excluding hydrogens is 456 g/mol. The summed E-state index contributed by atoms with van der Waals surface area (Å²) in [5, 5.41) is 19.1. The first-order chi connectivity index (χ1) is 16.0. The first-order valence-corrected chi connectivity index (χ1v) is 12.3. The van der Waals surface area contributed by atoms with Crippen molar-refractivity contribution in [2.45, 2.75) is 77.5 Å². The molecule has 8 heteroatoms. The highest BCUT2D eigenvalue weighted by Crippen LogP contribution is 2.36. The molecule has 0 aromatic carbocycles. The Hall–Kier alpha value is -1.29. The first kappa shape index (κ1) is 30.7. The predicted molar refractivity (Wildman–Crippen MR) is 135 cm³/mol. The van der Waals surface area contributed by atoms with Crippen LogP contribution < -0.4 is 0 Å². The highest BCUT2D eigenvalue weighted by atomic mass is 32.1. The van der Waals surface area contributed by atoms with E-state index in [-0.39, 0.29) is 42.4 Å². The number of methoxy groups -OCH3 is 2. The molecule has 0 amide bonds. The van der Waals surface area contributed by atoms with Crippen LogP contribution in [0.1, 0.15) is 53.4 Å². The molecule has 7 atom stereocenters. The number of hydrogen-bond donors (Lipinski definition) is 3. The normalized spacial score (nSPS) is 27.6. The van der Waals surface area contributed by atoms with E-state index in [0.717, 1.165) is 12.0 Å². The molecule has 1 rings (SSSR count). The van der Waals surface area contributed by atoms with Crippen LogP contribution in [-0.4, -0.2) is 66.0 Å². The number of allylic oxidation sites excluding steroid dienone is 5. The van der Waals surface area contributed by atoms with Gasteiger partial charge in [-0.2, -0.15) is 0 Å². The van der Waals surface area contributed by atoms with Crippen molar-refractivity contribution in [1.29, 1.82) is 0 Å². The smallest absolute Gasteiger partial charge is 0.245 e. The van der Waals surface area contributed by atoms with Crippen molar-refractivity contribution in [3.8, 4) is 0 Å². The van der Waals surface area contributed by atoms with Crippen LogP contribution in [0.15, 0.2) is 36.0 Å². The van der Waals surface area contributed by atoms with Crippen LogP contribution in [-0.2, 0) is 23.8 Å². The van der Waals surface area contributed by atoms with Crippen molar-refractivity contribution < 1.29 is 34.0 Å². The number of ether oxygens (including phenoxy) is 3. The van der Waals surface area contributed by atoms with Crippen molar-refractivity contribution in [3.63, 3.8) is 0 Å². The number of Topliss-reactive ketones (excluding diaryl/α,β-unsaturated/α-hetero) is 1. The quantitative estimate of drug-likeness (QED) is 0.248. The van der Waals surface area contributed by atoms with Crippen LogP contribution in [0.3, 0.4) is 0 Å². The van der Waals surface area contributed by atoms with Crippen molar-refractivity contribution in [2.75, 3.05) is 20.8 Å². The van der Waals surface area contributed by atoms with Crippen LogP contribution in [0, 0.1) is 17.8 Å². The minimum absolute atomic E-state index is 0.0847. The second kappa shape index (κ2) is 15.0. The van der Waals surface area contributed by atoms with Gasteiger partial charge in [0.2, 0.25) is 10.9 Å². The topological polar surface area (TPSA) is 102 Å². The van der Waals surface area contributed by atoms with Crippen molar-refractivity contribution in [3.05, 3.63) is 36.0 Å². The maximum Gasteiger partial charge on any atom is 0.245 e. The average molecular weight is 499 g/mol. The lowest BCUT2D eigenvalue weighted by Gasteiger charge is -2.40. The lowest BCUT2D eigenvalue weighted by molar-refractivity contribution is -0.260. The summed E-state index contributed by atoms with van der Waals surface area (Å²) in [7, 11) is 3.05. The number of aliphatic hydroxyl groups excluding tert-OH is 1. The summed E-state index contributed by atoms with van der Waals surface area (Å²) in [4.78, 5) is 24.0. The summed E-state index contributed by atoms with van der Waals surface area (Å²) >= 11 is 3.80. The number of thiol groups is 1. The van der Waals surface area contributed by atoms with Gasteiger partial charge in [-0.1, -0.05) is 63.8 Å². The van der Waals surface area contributed by atoms with Gasteiger partial charge in [0.05, 0.1) is 18.8 Å². The van der Waals surface area contributed by atoms with E-state index >= 15 is 0 Å².